The summed E-state index contributed by atoms with van der Waals surface area (Å²) in [7, 11) is -1.36. The molecule has 3 rings (SSSR count). The number of sulfonamides is 1. The Morgan fingerprint density at radius 3 is 2.74 bits per heavy atom. The lowest BCUT2D eigenvalue weighted by Gasteiger charge is -2.30. The van der Waals surface area contributed by atoms with E-state index in [1.807, 2.05) is 35.9 Å². The van der Waals surface area contributed by atoms with Crippen LogP contribution >= 0.6 is 0 Å². The van der Waals surface area contributed by atoms with Gasteiger partial charge in [0.15, 0.2) is 0 Å². The fraction of sp³-hybridized carbons (Fsp3) is 0.526. The first-order valence-corrected chi connectivity index (χ1v) is 11.1. The number of ether oxygens (including phenoxy) is 1. The maximum Gasteiger partial charge on any atom is 0.340 e. The summed E-state index contributed by atoms with van der Waals surface area (Å²) in [5.41, 5.74) is 1.52. The number of hydrogen-bond acceptors (Lipinski definition) is 5. The number of fused-ring (bicyclic) bond motifs is 1. The van der Waals surface area contributed by atoms with Crippen LogP contribution in [0.25, 0.3) is 10.9 Å². The van der Waals surface area contributed by atoms with Crippen molar-refractivity contribution in [1.82, 2.24) is 14.6 Å². The molecule has 0 amide bonds. The molecule has 2 N–H and O–H groups in total. The lowest BCUT2D eigenvalue weighted by Crippen LogP contribution is -2.38. The Labute approximate surface area is 160 Å². The third kappa shape index (κ3) is 5.09. The number of benzene rings is 1. The number of esters is 1. The third-order valence-corrected chi connectivity index (χ3v) is 5.81. The van der Waals surface area contributed by atoms with Crippen LogP contribution in [-0.2, 0) is 21.8 Å². The van der Waals surface area contributed by atoms with Crippen LogP contribution in [0.3, 0.4) is 0 Å². The van der Waals surface area contributed by atoms with Gasteiger partial charge in [-0.05, 0) is 44.3 Å². The molecule has 0 spiro atoms. The second kappa shape index (κ2) is 8.41. The Kier molecular flexibility index (Phi) is 6.18. The molecule has 148 valence electrons. The summed E-state index contributed by atoms with van der Waals surface area (Å²) in [6, 6.07) is 7.72. The normalized spacial score (nSPS) is 17.1. The van der Waals surface area contributed by atoms with E-state index in [4.69, 9.17) is 4.74 Å². The molecule has 1 aromatic heterocycles. The lowest BCUT2D eigenvalue weighted by molar-refractivity contribution is 0.00681. The second-order valence-corrected chi connectivity index (χ2v) is 8.99. The minimum absolute atomic E-state index is 0.228. The molecule has 1 fully saturated rings. The molecule has 0 bridgehead atoms. The number of aryl methyl sites for hydroxylation is 1. The number of aromatic nitrogens is 1. The Morgan fingerprint density at radius 1 is 1.33 bits per heavy atom. The summed E-state index contributed by atoms with van der Waals surface area (Å²) in [5, 5.41) is 4.17. The smallest absolute Gasteiger partial charge is 0.340 e. The second-order valence-electron chi connectivity index (χ2n) is 7.16. The average molecular weight is 394 g/mol. The van der Waals surface area contributed by atoms with E-state index in [9.17, 15) is 13.2 Å². The zero-order valence-corrected chi connectivity index (χ0v) is 16.6. The number of hydrogen-bond donors (Lipinski definition) is 2. The van der Waals surface area contributed by atoms with Crippen LogP contribution in [-0.4, -0.2) is 50.9 Å². The molecule has 2 heterocycles. The van der Waals surface area contributed by atoms with Crippen molar-refractivity contribution in [2.75, 3.05) is 25.9 Å². The highest BCUT2D eigenvalue weighted by atomic mass is 32.2. The van der Waals surface area contributed by atoms with E-state index in [1.54, 1.807) is 6.20 Å². The fourth-order valence-electron chi connectivity index (χ4n) is 3.70. The number of nitrogens with one attached hydrogen (secondary N) is 2. The van der Waals surface area contributed by atoms with Gasteiger partial charge in [0.2, 0.25) is 10.0 Å². The summed E-state index contributed by atoms with van der Waals surface area (Å²) in [6.07, 6.45) is 4.90. The van der Waals surface area contributed by atoms with Crippen LogP contribution in [0.4, 0.5) is 0 Å². The molecular weight excluding hydrogens is 366 g/mol. The zero-order chi connectivity index (χ0) is 19.4. The van der Waals surface area contributed by atoms with Crippen molar-refractivity contribution in [2.24, 2.45) is 13.0 Å². The molecule has 1 aliphatic heterocycles. The highest BCUT2D eigenvalue weighted by Crippen LogP contribution is 2.25. The summed E-state index contributed by atoms with van der Waals surface area (Å²) >= 11 is 0. The number of carbonyl (C=O) groups is 1. The number of para-hydroxylation sites is 1. The van der Waals surface area contributed by atoms with Gasteiger partial charge in [0.05, 0.1) is 11.8 Å². The number of carbonyl (C=O) groups excluding carboxylic acids is 1. The van der Waals surface area contributed by atoms with Crippen molar-refractivity contribution in [3.63, 3.8) is 0 Å². The predicted molar refractivity (Wildman–Crippen MR) is 105 cm³/mol. The van der Waals surface area contributed by atoms with Crippen LogP contribution in [0.1, 0.15) is 29.6 Å². The zero-order valence-electron chi connectivity index (χ0n) is 15.8. The molecular formula is C19H27N3O4S. The molecule has 1 unspecified atom stereocenters. The Hall–Kier alpha value is -1.90. The van der Waals surface area contributed by atoms with Crippen molar-refractivity contribution in [2.45, 2.75) is 25.4 Å². The molecule has 27 heavy (non-hydrogen) atoms. The first-order chi connectivity index (χ1) is 12.8. The van der Waals surface area contributed by atoms with Gasteiger partial charge in [0.25, 0.3) is 0 Å². The average Bonchev–Trinajstić information content (AvgIpc) is 2.98. The van der Waals surface area contributed by atoms with Gasteiger partial charge in [-0.15, -0.1) is 0 Å². The van der Waals surface area contributed by atoms with Crippen LogP contribution < -0.4 is 10.0 Å². The Bertz CT molecular complexity index is 901. The van der Waals surface area contributed by atoms with Gasteiger partial charge in [-0.2, -0.15) is 0 Å². The predicted octanol–water partition coefficient (Wildman–Crippen LogP) is 1.64. The molecule has 1 aromatic carbocycles. The van der Waals surface area contributed by atoms with E-state index in [0.717, 1.165) is 43.1 Å². The van der Waals surface area contributed by atoms with Crippen molar-refractivity contribution in [3.8, 4) is 0 Å². The SMILES string of the molecule is Cn1cc(C(=O)OC(CCNS(C)(=O)=O)C2CCNCC2)c2ccccc21. The fourth-order valence-corrected chi connectivity index (χ4v) is 4.19. The van der Waals surface area contributed by atoms with Gasteiger partial charge in [-0.1, -0.05) is 18.2 Å². The van der Waals surface area contributed by atoms with E-state index < -0.39 is 10.0 Å². The van der Waals surface area contributed by atoms with Gasteiger partial charge in [-0.3, -0.25) is 0 Å². The standard InChI is InChI=1S/C19H27N3O4S/c1-22-13-16(15-5-3-4-6-17(15)22)19(23)26-18(9-12-21-27(2,24)25)14-7-10-20-11-8-14/h3-6,13-14,18,20-21H,7-12H2,1-2H3. The summed E-state index contributed by atoms with van der Waals surface area (Å²) in [5.74, 6) is -0.124. The molecule has 1 atom stereocenters. The Balaban J connectivity index is 1.76. The van der Waals surface area contributed by atoms with Crippen LogP contribution in [0, 0.1) is 5.92 Å². The molecule has 0 saturated carbocycles. The summed E-state index contributed by atoms with van der Waals surface area (Å²) in [6.45, 7) is 2.02. The summed E-state index contributed by atoms with van der Waals surface area (Å²) < 4.78 is 33.0. The maximum absolute atomic E-state index is 12.9. The molecule has 8 heteroatoms. The van der Waals surface area contributed by atoms with Gasteiger partial charge in [0.1, 0.15) is 6.10 Å². The van der Waals surface area contributed by atoms with Crippen molar-refractivity contribution >= 4 is 26.9 Å². The van der Waals surface area contributed by atoms with Gasteiger partial charge in [0, 0.05) is 30.7 Å². The van der Waals surface area contributed by atoms with Gasteiger partial charge >= 0.3 is 5.97 Å². The largest absolute Gasteiger partial charge is 0.458 e. The van der Waals surface area contributed by atoms with Crippen molar-refractivity contribution in [1.29, 1.82) is 0 Å². The first-order valence-electron chi connectivity index (χ1n) is 9.25. The lowest BCUT2D eigenvalue weighted by atomic mass is 9.90. The highest BCUT2D eigenvalue weighted by molar-refractivity contribution is 7.88. The van der Waals surface area contributed by atoms with E-state index in [1.165, 1.54) is 0 Å². The quantitative estimate of drug-likeness (QED) is 0.698. The minimum atomic E-state index is -3.26. The van der Waals surface area contributed by atoms with E-state index >= 15 is 0 Å². The van der Waals surface area contributed by atoms with E-state index in [-0.39, 0.29) is 24.5 Å². The minimum Gasteiger partial charge on any atom is -0.458 e. The number of piperidine rings is 1. The molecule has 1 saturated heterocycles. The number of rotatable bonds is 7. The van der Waals surface area contributed by atoms with Crippen LogP contribution in [0.5, 0.6) is 0 Å². The van der Waals surface area contributed by atoms with E-state index in [2.05, 4.69) is 10.0 Å². The van der Waals surface area contributed by atoms with E-state index in [0.29, 0.717) is 12.0 Å². The number of nitrogens with zero attached hydrogens (tertiary/aromatic N) is 1. The molecule has 2 aromatic rings. The molecule has 0 aliphatic carbocycles. The molecule has 0 radical (unpaired) electrons. The first kappa shape index (κ1) is 19.9. The maximum atomic E-state index is 12.9. The van der Waals surface area contributed by atoms with Crippen LogP contribution in [0.15, 0.2) is 30.5 Å². The Morgan fingerprint density at radius 2 is 2.04 bits per heavy atom. The molecule has 7 nitrogen and oxygen atoms in total. The monoisotopic (exact) mass is 393 g/mol. The van der Waals surface area contributed by atoms with Gasteiger partial charge < -0.3 is 14.6 Å². The van der Waals surface area contributed by atoms with Crippen LogP contribution in [0.2, 0.25) is 0 Å². The summed E-state index contributed by atoms with van der Waals surface area (Å²) in [4.78, 5) is 12.9. The molecule has 1 aliphatic rings. The van der Waals surface area contributed by atoms with Gasteiger partial charge in [-0.25, -0.2) is 17.9 Å². The topological polar surface area (TPSA) is 89.4 Å². The van der Waals surface area contributed by atoms with Crippen molar-refractivity contribution in [3.05, 3.63) is 36.0 Å². The highest BCUT2D eigenvalue weighted by Gasteiger charge is 2.28. The third-order valence-electron chi connectivity index (χ3n) is 5.08. The van der Waals surface area contributed by atoms with Crippen molar-refractivity contribution < 1.29 is 17.9 Å².